The van der Waals surface area contributed by atoms with Crippen molar-refractivity contribution in [3.05, 3.63) is 0 Å². The van der Waals surface area contributed by atoms with Gasteiger partial charge in [0.05, 0.1) is 6.61 Å². The number of nitrogens with one attached hydrogen (secondary N) is 1. The first-order valence-corrected chi connectivity index (χ1v) is 6.62. The highest BCUT2D eigenvalue weighted by Gasteiger charge is 2.35. The lowest BCUT2D eigenvalue weighted by molar-refractivity contribution is -0.323. The first kappa shape index (κ1) is 14.1. The molecule has 2 saturated heterocycles. The zero-order valence-electron chi connectivity index (χ0n) is 10.7. The molecule has 106 valence electrons. The van der Waals surface area contributed by atoms with Crippen molar-refractivity contribution in [1.82, 2.24) is 10.2 Å². The predicted octanol–water partition coefficient (Wildman–Crippen LogP) is 2.13. The van der Waals surface area contributed by atoms with Gasteiger partial charge in [0.1, 0.15) is 0 Å². The van der Waals surface area contributed by atoms with Crippen molar-refractivity contribution in [2.45, 2.75) is 56.6 Å². The summed E-state index contributed by atoms with van der Waals surface area (Å²) in [6.07, 6.45) is 1.28. The van der Waals surface area contributed by atoms with Crippen LogP contribution in [0.2, 0.25) is 0 Å². The third kappa shape index (κ3) is 3.83. The van der Waals surface area contributed by atoms with E-state index in [9.17, 15) is 13.2 Å². The van der Waals surface area contributed by atoms with Crippen LogP contribution in [-0.4, -0.2) is 49.6 Å². The van der Waals surface area contributed by atoms with E-state index in [0.717, 1.165) is 12.8 Å². The fourth-order valence-electron chi connectivity index (χ4n) is 3.21. The number of hydrogen-bond acceptors (Lipinski definition) is 3. The highest BCUT2D eigenvalue weighted by Crippen LogP contribution is 2.32. The molecule has 6 heteroatoms. The van der Waals surface area contributed by atoms with Crippen molar-refractivity contribution in [1.29, 1.82) is 0 Å². The van der Waals surface area contributed by atoms with Crippen LogP contribution in [0.3, 0.4) is 0 Å². The monoisotopic (exact) mass is 266 g/mol. The molecular formula is C12H21F3N2O. The van der Waals surface area contributed by atoms with Gasteiger partial charge in [0.15, 0.2) is 0 Å². The molecular weight excluding hydrogens is 245 g/mol. The van der Waals surface area contributed by atoms with Crippen molar-refractivity contribution in [2.24, 2.45) is 0 Å². The van der Waals surface area contributed by atoms with Crippen LogP contribution in [0.1, 0.15) is 32.1 Å². The molecule has 0 radical (unpaired) electrons. The van der Waals surface area contributed by atoms with Crippen molar-refractivity contribution < 1.29 is 17.9 Å². The van der Waals surface area contributed by atoms with Crippen molar-refractivity contribution in [3.63, 3.8) is 0 Å². The van der Waals surface area contributed by atoms with Crippen LogP contribution < -0.4 is 5.32 Å². The lowest BCUT2D eigenvalue weighted by Crippen LogP contribution is -2.54. The number of nitrogens with zero attached hydrogens (tertiary/aromatic N) is 1. The quantitative estimate of drug-likeness (QED) is 0.789. The van der Waals surface area contributed by atoms with E-state index < -0.39 is 6.36 Å². The molecule has 18 heavy (non-hydrogen) atoms. The van der Waals surface area contributed by atoms with Crippen LogP contribution in [-0.2, 0) is 4.74 Å². The smallest absolute Gasteiger partial charge is 0.312 e. The molecule has 2 heterocycles. The van der Waals surface area contributed by atoms with Gasteiger partial charge in [0.25, 0.3) is 0 Å². The maximum atomic E-state index is 11.8. The lowest BCUT2D eigenvalue weighted by atomic mass is 9.82. The summed E-state index contributed by atoms with van der Waals surface area (Å²) in [5.41, 5.74) is 0. The summed E-state index contributed by atoms with van der Waals surface area (Å²) in [6, 6.07) is 1.53. The van der Waals surface area contributed by atoms with Gasteiger partial charge in [-0.25, -0.2) is 0 Å². The summed E-state index contributed by atoms with van der Waals surface area (Å²) in [5.74, 6) is 0. The zero-order valence-corrected chi connectivity index (χ0v) is 10.7. The fraction of sp³-hybridized carbons (Fsp3) is 1.00. The van der Waals surface area contributed by atoms with Crippen molar-refractivity contribution >= 4 is 0 Å². The Morgan fingerprint density at radius 3 is 2.39 bits per heavy atom. The molecule has 0 aromatic carbocycles. The molecule has 3 nitrogen and oxygen atoms in total. The molecule has 2 atom stereocenters. The molecule has 0 saturated carbocycles. The number of alkyl halides is 3. The topological polar surface area (TPSA) is 24.5 Å². The molecule has 2 unspecified atom stereocenters. The van der Waals surface area contributed by atoms with E-state index in [1.165, 1.54) is 19.3 Å². The van der Waals surface area contributed by atoms with Gasteiger partial charge in [0, 0.05) is 24.7 Å². The molecule has 0 spiro atoms. The molecule has 2 rings (SSSR count). The molecule has 1 N–H and O–H groups in total. The summed E-state index contributed by atoms with van der Waals surface area (Å²) >= 11 is 0. The number of piperidine rings is 2. The largest absolute Gasteiger partial charge is 0.522 e. The van der Waals surface area contributed by atoms with Crippen LogP contribution in [0.15, 0.2) is 0 Å². The Kier molecular flexibility index (Phi) is 4.50. The molecule has 2 bridgehead atoms. The molecule has 0 aromatic heterocycles. The van der Waals surface area contributed by atoms with Crippen LogP contribution >= 0.6 is 0 Å². The van der Waals surface area contributed by atoms with Gasteiger partial charge in [0.2, 0.25) is 0 Å². The Hall–Kier alpha value is -0.330. The number of hydrogen-bond donors (Lipinski definition) is 1. The van der Waals surface area contributed by atoms with Gasteiger partial charge in [-0.1, -0.05) is 6.42 Å². The Morgan fingerprint density at radius 1 is 1.22 bits per heavy atom. The molecule has 0 amide bonds. The zero-order chi connectivity index (χ0) is 13.2. The summed E-state index contributed by atoms with van der Waals surface area (Å²) in [6.45, 7) is -0.0293. The maximum absolute atomic E-state index is 11.8. The van der Waals surface area contributed by atoms with Gasteiger partial charge in [-0.3, -0.25) is 4.74 Å². The highest BCUT2D eigenvalue weighted by atomic mass is 19.4. The van der Waals surface area contributed by atoms with Crippen molar-refractivity contribution in [3.8, 4) is 0 Å². The van der Waals surface area contributed by atoms with E-state index in [0.29, 0.717) is 18.1 Å². The van der Waals surface area contributed by atoms with Crippen LogP contribution in [0.4, 0.5) is 13.2 Å². The molecule has 2 aliphatic rings. The third-order valence-corrected chi connectivity index (χ3v) is 4.14. The normalized spacial score (nSPS) is 33.7. The van der Waals surface area contributed by atoms with Gasteiger partial charge >= 0.3 is 6.36 Å². The lowest BCUT2D eigenvalue weighted by Gasteiger charge is -2.47. The highest BCUT2D eigenvalue weighted by molar-refractivity contribution is 4.93. The number of fused-ring (bicyclic) bond motifs is 2. The van der Waals surface area contributed by atoms with E-state index in [2.05, 4.69) is 22.0 Å². The van der Waals surface area contributed by atoms with E-state index in [-0.39, 0.29) is 13.2 Å². The van der Waals surface area contributed by atoms with E-state index in [1.807, 2.05) is 0 Å². The summed E-state index contributed by atoms with van der Waals surface area (Å²) in [7, 11) is 2.16. The Balaban J connectivity index is 1.68. The number of halogens is 3. The molecule has 0 aliphatic carbocycles. The van der Waals surface area contributed by atoms with Crippen LogP contribution in [0.25, 0.3) is 0 Å². The molecule has 2 aliphatic heterocycles. The minimum absolute atomic E-state index is 0.271. The maximum Gasteiger partial charge on any atom is 0.522 e. The summed E-state index contributed by atoms with van der Waals surface area (Å²) in [5, 5.41) is 3.19. The van der Waals surface area contributed by atoms with E-state index >= 15 is 0 Å². The van der Waals surface area contributed by atoms with Crippen molar-refractivity contribution in [2.75, 3.05) is 20.2 Å². The van der Waals surface area contributed by atoms with Gasteiger partial charge in [-0.15, -0.1) is 13.2 Å². The average molecular weight is 266 g/mol. The minimum atomic E-state index is -4.51. The molecule has 2 fully saturated rings. The Labute approximate surface area is 106 Å². The summed E-state index contributed by atoms with van der Waals surface area (Å²) in [4.78, 5) is 2.44. The fourth-order valence-corrected chi connectivity index (χ4v) is 3.21. The van der Waals surface area contributed by atoms with Gasteiger partial charge in [-0.05, 0) is 32.7 Å². The first-order chi connectivity index (χ1) is 8.46. The summed E-state index contributed by atoms with van der Waals surface area (Å²) < 4.78 is 39.2. The van der Waals surface area contributed by atoms with Gasteiger partial charge < -0.3 is 10.2 Å². The third-order valence-electron chi connectivity index (χ3n) is 4.14. The van der Waals surface area contributed by atoms with Gasteiger partial charge in [-0.2, -0.15) is 0 Å². The second-order valence-corrected chi connectivity index (χ2v) is 5.32. The minimum Gasteiger partial charge on any atom is -0.312 e. The average Bonchev–Trinajstić information content (AvgIpc) is 2.24. The number of ether oxygens (including phenoxy) is 1. The second-order valence-electron chi connectivity index (χ2n) is 5.32. The standard InChI is InChI=1S/C12H21F3N2O/c1-17-10-3-2-4-11(17)8-9(7-10)16-5-6-18-12(13,14)15/h9-11,16H,2-8H2,1H3. The second kappa shape index (κ2) is 5.75. The van der Waals surface area contributed by atoms with Crippen LogP contribution in [0.5, 0.6) is 0 Å². The first-order valence-electron chi connectivity index (χ1n) is 6.62. The Bertz CT molecular complexity index is 259. The predicted molar refractivity (Wildman–Crippen MR) is 62.2 cm³/mol. The van der Waals surface area contributed by atoms with E-state index in [1.54, 1.807) is 0 Å². The number of rotatable bonds is 4. The van der Waals surface area contributed by atoms with Crippen LogP contribution in [0, 0.1) is 0 Å². The SMILES string of the molecule is CN1C2CCCC1CC(NCCOC(F)(F)F)C2. The van der Waals surface area contributed by atoms with E-state index in [4.69, 9.17) is 0 Å². The Morgan fingerprint density at radius 2 is 1.83 bits per heavy atom. The molecule has 0 aromatic rings.